The summed E-state index contributed by atoms with van der Waals surface area (Å²) in [6, 6.07) is 3.96. The van der Waals surface area contributed by atoms with Crippen LogP contribution in [0, 0.1) is 13.8 Å². The van der Waals surface area contributed by atoms with E-state index in [0.29, 0.717) is 12.1 Å². The van der Waals surface area contributed by atoms with E-state index in [0.717, 1.165) is 24.0 Å². The smallest absolute Gasteiger partial charge is 0.408 e. The molecule has 0 aliphatic heterocycles. The van der Waals surface area contributed by atoms with Gasteiger partial charge >= 0.3 is 6.09 Å². The van der Waals surface area contributed by atoms with Crippen molar-refractivity contribution in [3.63, 3.8) is 0 Å². The zero-order chi connectivity index (χ0) is 25.2. The van der Waals surface area contributed by atoms with Crippen molar-refractivity contribution in [2.24, 2.45) is 0 Å². The van der Waals surface area contributed by atoms with Crippen molar-refractivity contribution in [2.75, 3.05) is 18.8 Å². The minimum atomic E-state index is -0.972. The number of unbranched alkanes of at least 4 members (excludes halogenated alkanes) is 1. The molecule has 1 aromatic carbocycles. The summed E-state index contributed by atoms with van der Waals surface area (Å²) in [6.07, 6.45) is 2.62. The molecule has 3 amide bonds. The van der Waals surface area contributed by atoms with Gasteiger partial charge in [-0.3, -0.25) is 9.59 Å². The van der Waals surface area contributed by atoms with Crippen molar-refractivity contribution in [1.82, 2.24) is 15.5 Å². The maximum absolute atomic E-state index is 13.6. The molecule has 0 saturated carbocycles. The van der Waals surface area contributed by atoms with Gasteiger partial charge in [0.2, 0.25) is 11.8 Å². The number of nitrogens with one attached hydrogen (secondary N) is 2. The van der Waals surface area contributed by atoms with Crippen LogP contribution in [-0.4, -0.2) is 53.3 Å². The fraction of sp³-hybridized carbons (Fsp3) is 0.560. The van der Waals surface area contributed by atoms with Crippen molar-refractivity contribution in [1.29, 1.82) is 0 Å². The molecule has 1 aromatic rings. The van der Waals surface area contributed by atoms with Crippen molar-refractivity contribution >= 4 is 30.5 Å². The minimum Gasteiger partial charge on any atom is -0.444 e. The summed E-state index contributed by atoms with van der Waals surface area (Å²) < 4.78 is 5.30. The molecule has 0 aromatic heterocycles. The molecule has 1 rings (SSSR count). The predicted octanol–water partition coefficient (Wildman–Crippen LogP) is 4.10. The number of carbonyl (C=O) groups is 3. The summed E-state index contributed by atoms with van der Waals surface area (Å²) in [7, 11) is 0. The van der Waals surface area contributed by atoms with Crippen LogP contribution in [0.25, 0.3) is 0 Å². The van der Waals surface area contributed by atoms with E-state index in [1.807, 2.05) is 39.0 Å². The van der Waals surface area contributed by atoms with Crippen LogP contribution in [0.5, 0.6) is 0 Å². The number of carbonyl (C=O) groups excluding carboxylic acids is 3. The second kappa shape index (κ2) is 13.3. The van der Waals surface area contributed by atoms with E-state index in [1.165, 1.54) is 4.90 Å². The van der Waals surface area contributed by atoms with Crippen LogP contribution in [0.3, 0.4) is 0 Å². The van der Waals surface area contributed by atoms with E-state index in [9.17, 15) is 14.4 Å². The van der Waals surface area contributed by atoms with Crippen molar-refractivity contribution in [3.05, 3.63) is 47.5 Å². The zero-order valence-electron chi connectivity index (χ0n) is 20.7. The highest BCUT2D eigenvalue weighted by Gasteiger charge is 2.35. The van der Waals surface area contributed by atoms with Gasteiger partial charge in [0.15, 0.2) is 0 Å². The Morgan fingerprint density at radius 3 is 2.27 bits per heavy atom. The van der Waals surface area contributed by atoms with Crippen LogP contribution in [0.4, 0.5) is 4.79 Å². The predicted molar refractivity (Wildman–Crippen MR) is 135 cm³/mol. The Morgan fingerprint density at radius 1 is 1.18 bits per heavy atom. The molecule has 2 atom stereocenters. The van der Waals surface area contributed by atoms with Gasteiger partial charge in [0.25, 0.3) is 0 Å². The molecule has 8 heteroatoms. The van der Waals surface area contributed by atoms with E-state index in [-0.39, 0.29) is 18.2 Å². The largest absolute Gasteiger partial charge is 0.444 e. The quantitative estimate of drug-likeness (QED) is 0.254. The lowest BCUT2D eigenvalue weighted by Crippen LogP contribution is -2.53. The molecular weight excluding hydrogens is 438 g/mol. The SMILES string of the molecule is C=CCN(C(=O)C(CS)NC(=O)OC(C)(C)C)C(C(=O)NCCCC)c1cc(C)cc(C)c1. The summed E-state index contributed by atoms with van der Waals surface area (Å²) in [5.41, 5.74) is 1.96. The molecular formula is C25H39N3O4S. The highest BCUT2D eigenvalue weighted by atomic mass is 32.1. The molecule has 0 aliphatic rings. The third-order valence-corrected chi connectivity index (χ3v) is 5.09. The Kier molecular flexibility index (Phi) is 11.5. The number of benzene rings is 1. The number of thiol groups is 1. The second-order valence-electron chi connectivity index (χ2n) is 9.13. The monoisotopic (exact) mass is 477 g/mol. The van der Waals surface area contributed by atoms with Crippen LogP contribution in [0.15, 0.2) is 30.9 Å². The summed E-state index contributed by atoms with van der Waals surface area (Å²) >= 11 is 4.27. The number of hydrogen-bond donors (Lipinski definition) is 3. The average Bonchev–Trinajstić information content (AvgIpc) is 2.69. The molecule has 0 fully saturated rings. The summed E-state index contributed by atoms with van der Waals surface area (Å²) in [4.78, 5) is 40.6. The van der Waals surface area contributed by atoms with Crippen molar-refractivity contribution < 1.29 is 19.1 Å². The molecule has 0 aliphatic carbocycles. The Labute approximate surface area is 203 Å². The van der Waals surface area contributed by atoms with Crippen LogP contribution in [0.1, 0.15) is 63.3 Å². The third-order valence-electron chi connectivity index (χ3n) is 4.73. The lowest BCUT2D eigenvalue weighted by molar-refractivity contribution is -0.141. The number of aryl methyl sites for hydroxylation is 2. The van der Waals surface area contributed by atoms with E-state index < -0.39 is 29.7 Å². The van der Waals surface area contributed by atoms with Crippen molar-refractivity contribution in [2.45, 2.75) is 72.1 Å². The number of rotatable bonds is 11. The Balaban J connectivity index is 3.34. The fourth-order valence-electron chi connectivity index (χ4n) is 3.42. The van der Waals surface area contributed by atoms with Crippen LogP contribution in [0.2, 0.25) is 0 Å². The van der Waals surface area contributed by atoms with Gasteiger partial charge in [-0.05, 0) is 46.6 Å². The van der Waals surface area contributed by atoms with Crippen LogP contribution >= 0.6 is 12.6 Å². The fourth-order valence-corrected chi connectivity index (χ4v) is 3.67. The number of amides is 3. The lowest BCUT2D eigenvalue weighted by Gasteiger charge is -2.33. The molecule has 2 N–H and O–H groups in total. The summed E-state index contributed by atoms with van der Waals surface area (Å²) in [6.45, 7) is 15.6. The third kappa shape index (κ3) is 9.50. The van der Waals surface area contributed by atoms with Gasteiger partial charge in [-0.1, -0.05) is 48.7 Å². The Morgan fingerprint density at radius 2 is 1.79 bits per heavy atom. The highest BCUT2D eigenvalue weighted by Crippen LogP contribution is 2.25. The Hall–Kier alpha value is -2.48. The normalized spacial score (nSPS) is 12.9. The molecule has 33 heavy (non-hydrogen) atoms. The first-order chi connectivity index (χ1) is 15.4. The molecule has 2 unspecified atom stereocenters. The van der Waals surface area contributed by atoms with E-state index >= 15 is 0 Å². The van der Waals surface area contributed by atoms with E-state index in [1.54, 1.807) is 26.8 Å². The molecule has 184 valence electrons. The molecule has 0 saturated heterocycles. The maximum atomic E-state index is 13.6. The van der Waals surface area contributed by atoms with Gasteiger partial charge in [0.1, 0.15) is 17.7 Å². The average molecular weight is 478 g/mol. The topological polar surface area (TPSA) is 87.7 Å². The number of nitrogens with zero attached hydrogens (tertiary/aromatic N) is 1. The van der Waals surface area contributed by atoms with Gasteiger partial charge in [-0.15, -0.1) is 6.58 Å². The van der Waals surface area contributed by atoms with Gasteiger partial charge in [-0.25, -0.2) is 4.79 Å². The number of alkyl carbamates (subject to hydrolysis) is 1. The maximum Gasteiger partial charge on any atom is 0.408 e. The van der Waals surface area contributed by atoms with Gasteiger partial charge < -0.3 is 20.3 Å². The molecule has 0 spiro atoms. The molecule has 0 radical (unpaired) electrons. The van der Waals surface area contributed by atoms with Crippen molar-refractivity contribution in [3.8, 4) is 0 Å². The highest BCUT2D eigenvalue weighted by molar-refractivity contribution is 7.80. The van der Waals surface area contributed by atoms with Crippen LogP contribution < -0.4 is 10.6 Å². The molecule has 7 nitrogen and oxygen atoms in total. The molecule has 0 heterocycles. The molecule has 0 bridgehead atoms. The summed E-state index contributed by atoms with van der Waals surface area (Å²) in [5, 5.41) is 5.53. The van der Waals surface area contributed by atoms with Gasteiger partial charge in [0.05, 0.1) is 0 Å². The Bertz CT molecular complexity index is 815. The second-order valence-corrected chi connectivity index (χ2v) is 9.49. The van der Waals surface area contributed by atoms with Crippen LogP contribution in [-0.2, 0) is 14.3 Å². The first-order valence-corrected chi connectivity index (χ1v) is 11.9. The summed E-state index contributed by atoms with van der Waals surface area (Å²) in [5.74, 6) is -0.674. The standard InChI is InChI=1S/C25H39N3O4S/c1-8-10-11-26-22(29)21(19-14-17(3)13-18(4)15-19)28(12-9-2)23(30)20(16-33)27-24(31)32-25(5,6)7/h9,13-15,20-21,33H,2,8,10-12,16H2,1,3-7H3,(H,26,29)(H,27,31). The number of ether oxygens (including phenoxy) is 1. The first kappa shape index (κ1) is 28.6. The van der Waals surface area contributed by atoms with E-state index in [2.05, 4.69) is 29.8 Å². The van der Waals surface area contributed by atoms with Gasteiger partial charge in [0, 0.05) is 18.8 Å². The first-order valence-electron chi connectivity index (χ1n) is 11.3. The number of hydrogen-bond acceptors (Lipinski definition) is 5. The minimum absolute atomic E-state index is 0.0444. The lowest BCUT2D eigenvalue weighted by atomic mass is 9.98. The zero-order valence-corrected chi connectivity index (χ0v) is 21.6. The van der Waals surface area contributed by atoms with E-state index in [4.69, 9.17) is 4.74 Å². The van der Waals surface area contributed by atoms with Gasteiger partial charge in [-0.2, -0.15) is 12.6 Å².